The van der Waals surface area contributed by atoms with Gasteiger partial charge in [-0.15, -0.1) is 0 Å². The van der Waals surface area contributed by atoms with E-state index in [9.17, 15) is 12.8 Å². The van der Waals surface area contributed by atoms with Crippen LogP contribution in [-0.4, -0.2) is 8.42 Å². The van der Waals surface area contributed by atoms with Crippen LogP contribution >= 0.6 is 10.7 Å². The first-order valence-corrected chi connectivity index (χ1v) is 7.10. The number of rotatable bonds is 4. The summed E-state index contributed by atoms with van der Waals surface area (Å²) < 4.78 is 34.9. The second-order valence-corrected chi connectivity index (χ2v) is 6.14. The molecule has 1 aromatic rings. The maximum atomic E-state index is 13.4. The summed E-state index contributed by atoms with van der Waals surface area (Å²) in [4.78, 5) is 0. The van der Waals surface area contributed by atoms with Crippen molar-refractivity contribution >= 4 is 19.7 Å². The van der Waals surface area contributed by atoms with Gasteiger partial charge in [0.1, 0.15) is 5.82 Å². The highest BCUT2D eigenvalue weighted by Gasteiger charge is 2.09. The normalized spacial score (nSPS) is 11.7. The standard InChI is InChI=1S/C10H12ClFO2S/c1-2-3-9-5-4-8(6-10(9)12)7-15(11,13)14/h4-6H,2-3,7H2,1H3. The topological polar surface area (TPSA) is 34.1 Å². The number of aryl methyl sites for hydroxylation is 1. The van der Waals surface area contributed by atoms with E-state index < -0.39 is 9.05 Å². The zero-order valence-corrected chi connectivity index (χ0v) is 9.91. The van der Waals surface area contributed by atoms with Crippen molar-refractivity contribution in [3.63, 3.8) is 0 Å². The lowest BCUT2D eigenvalue weighted by Crippen LogP contribution is -1.97. The molecule has 0 aliphatic rings. The van der Waals surface area contributed by atoms with Crippen LogP contribution in [-0.2, 0) is 21.2 Å². The molecule has 0 aliphatic heterocycles. The summed E-state index contributed by atoms with van der Waals surface area (Å²) in [6, 6.07) is 4.43. The van der Waals surface area contributed by atoms with Gasteiger partial charge in [-0.1, -0.05) is 25.5 Å². The van der Waals surface area contributed by atoms with Crippen molar-refractivity contribution in [1.82, 2.24) is 0 Å². The van der Waals surface area contributed by atoms with Crippen LogP contribution in [0.25, 0.3) is 0 Å². The Morgan fingerprint density at radius 1 is 1.40 bits per heavy atom. The van der Waals surface area contributed by atoms with Crippen LogP contribution in [0.15, 0.2) is 18.2 Å². The Hall–Kier alpha value is -0.610. The summed E-state index contributed by atoms with van der Waals surface area (Å²) in [6.45, 7) is 1.95. The molecule has 0 saturated heterocycles. The molecule has 0 atom stereocenters. The summed E-state index contributed by atoms with van der Waals surface area (Å²) in [5.74, 6) is -0.701. The third-order valence-corrected chi connectivity index (χ3v) is 2.98. The fraction of sp³-hybridized carbons (Fsp3) is 0.400. The first kappa shape index (κ1) is 12.5. The predicted octanol–water partition coefficient (Wildman–Crippen LogP) is 2.85. The Morgan fingerprint density at radius 3 is 2.53 bits per heavy atom. The van der Waals surface area contributed by atoms with Gasteiger partial charge in [0, 0.05) is 10.7 Å². The van der Waals surface area contributed by atoms with Gasteiger partial charge in [-0.25, -0.2) is 12.8 Å². The molecule has 15 heavy (non-hydrogen) atoms. The van der Waals surface area contributed by atoms with E-state index in [0.717, 1.165) is 6.42 Å². The van der Waals surface area contributed by atoms with Crippen molar-refractivity contribution in [3.05, 3.63) is 35.1 Å². The highest BCUT2D eigenvalue weighted by Crippen LogP contribution is 2.15. The third kappa shape index (κ3) is 4.18. The molecule has 0 N–H and O–H groups in total. The van der Waals surface area contributed by atoms with E-state index in [0.29, 0.717) is 17.5 Å². The van der Waals surface area contributed by atoms with Crippen LogP contribution in [0, 0.1) is 5.82 Å². The molecular formula is C10H12ClFO2S. The lowest BCUT2D eigenvalue weighted by Gasteiger charge is -2.03. The lowest BCUT2D eigenvalue weighted by molar-refractivity contribution is 0.602. The van der Waals surface area contributed by atoms with Crippen molar-refractivity contribution in [3.8, 4) is 0 Å². The molecule has 0 radical (unpaired) electrons. The first-order chi connectivity index (χ1) is 6.92. The van der Waals surface area contributed by atoms with Crippen molar-refractivity contribution in [2.45, 2.75) is 25.5 Å². The average Bonchev–Trinajstić information content (AvgIpc) is 2.07. The van der Waals surface area contributed by atoms with Gasteiger partial charge in [0.2, 0.25) is 9.05 Å². The minimum absolute atomic E-state index is 0.335. The Balaban J connectivity index is 2.91. The van der Waals surface area contributed by atoms with Crippen LogP contribution in [0.5, 0.6) is 0 Å². The summed E-state index contributed by atoms with van der Waals surface area (Å²) in [6.07, 6.45) is 1.50. The molecule has 0 aliphatic carbocycles. The number of halogens is 2. The molecule has 0 spiro atoms. The molecule has 0 amide bonds. The van der Waals surface area contributed by atoms with Gasteiger partial charge in [-0.2, -0.15) is 0 Å². The largest absolute Gasteiger partial charge is 0.236 e. The van der Waals surface area contributed by atoms with Gasteiger partial charge >= 0.3 is 0 Å². The minimum atomic E-state index is -3.61. The zero-order valence-electron chi connectivity index (χ0n) is 8.33. The molecule has 1 aromatic carbocycles. The average molecular weight is 251 g/mol. The molecule has 84 valence electrons. The Bertz CT molecular complexity index is 443. The fourth-order valence-electron chi connectivity index (χ4n) is 1.35. The first-order valence-electron chi connectivity index (χ1n) is 4.62. The second kappa shape index (κ2) is 4.94. The molecule has 0 aromatic heterocycles. The SMILES string of the molecule is CCCc1ccc(CS(=O)(=O)Cl)cc1F. The fourth-order valence-corrected chi connectivity index (χ4v) is 2.31. The summed E-state index contributed by atoms with van der Waals surface area (Å²) in [7, 11) is 1.46. The zero-order chi connectivity index (χ0) is 11.5. The Labute approximate surface area is 93.5 Å². The molecular weight excluding hydrogens is 239 g/mol. The monoisotopic (exact) mass is 250 g/mol. The van der Waals surface area contributed by atoms with Crippen LogP contribution in [0.3, 0.4) is 0 Å². The van der Waals surface area contributed by atoms with E-state index in [2.05, 4.69) is 0 Å². The van der Waals surface area contributed by atoms with Crippen LogP contribution in [0.4, 0.5) is 4.39 Å². The Kier molecular flexibility index (Phi) is 4.11. The third-order valence-electron chi connectivity index (χ3n) is 1.98. The van der Waals surface area contributed by atoms with Gasteiger partial charge in [0.05, 0.1) is 5.75 Å². The number of benzene rings is 1. The van der Waals surface area contributed by atoms with Crippen LogP contribution < -0.4 is 0 Å². The van der Waals surface area contributed by atoms with Crippen molar-refractivity contribution in [2.75, 3.05) is 0 Å². The van der Waals surface area contributed by atoms with Crippen molar-refractivity contribution in [1.29, 1.82) is 0 Å². The molecule has 0 unspecified atom stereocenters. The minimum Gasteiger partial charge on any atom is -0.212 e. The van der Waals surface area contributed by atoms with Gasteiger partial charge < -0.3 is 0 Å². The van der Waals surface area contributed by atoms with E-state index in [1.54, 1.807) is 12.1 Å². The van der Waals surface area contributed by atoms with Crippen LogP contribution in [0.2, 0.25) is 0 Å². The van der Waals surface area contributed by atoms with E-state index in [1.165, 1.54) is 6.07 Å². The highest BCUT2D eigenvalue weighted by molar-refractivity contribution is 8.13. The summed E-state index contributed by atoms with van der Waals surface area (Å²) in [5, 5.41) is 0. The molecule has 1 rings (SSSR count). The Morgan fingerprint density at radius 2 is 2.07 bits per heavy atom. The van der Waals surface area contributed by atoms with Gasteiger partial charge in [-0.3, -0.25) is 0 Å². The van der Waals surface area contributed by atoms with Gasteiger partial charge in [-0.05, 0) is 23.6 Å². The van der Waals surface area contributed by atoms with Gasteiger partial charge in [0.25, 0.3) is 0 Å². The van der Waals surface area contributed by atoms with Crippen LogP contribution in [0.1, 0.15) is 24.5 Å². The second-order valence-electron chi connectivity index (χ2n) is 3.36. The maximum Gasteiger partial charge on any atom is 0.236 e. The number of hydrogen-bond acceptors (Lipinski definition) is 2. The summed E-state index contributed by atoms with van der Waals surface area (Å²) in [5.41, 5.74) is 0.982. The molecule has 5 heteroatoms. The maximum absolute atomic E-state index is 13.4. The number of hydrogen-bond donors (Lipinski definition) is 0. The smallest absolute Gasteiger partial charge is 0.212 e. The predicted molar refractivity (Wildman–Crippen MR) is 58.9 cm³/mol. The lowest BCUT2D eigenvalue weighted by atomic mass is 10.1. The van der Waals surface area contributed by atoms with E-state index in [4.69, 9.17) is 10.7 Å². The molecule has 2 nitrogen and oxygen atoms in total. The summed E-state index contributed by atoms with van der Waals surface area (Å²) >= 11 is 0. The molecule has 0 fully saturated rings. The molecule has 0 saturated carbocycles. The highest BCUT2D eigenvalue weighted by atomic mass is 35.7. The van der Waals surface area contributed by atoms with Crippen molar-refractivity contribution in [2.24, 2.45) is 0 Å². The molecule has 0 bridgehead atoms. The van der Waals surface area contributed by atoms with E-state index in [-0.39, 0.29) is 11.6 Å². The van der Waals surface area contributed by atoms with E-state index >= 15 is 0 Å². The van der Waals surface area contributed by atoms with E-state index in [1.807, 2.05) is 6.92 Å². The van der Waals surface area contributed by atoms with Crippen molar-refractivity contribution < 1.29 is 12.8 Å². The quantitative estimate of drug-likeness (QED) is 0.770. The van der Waals surface area contributed by atoms with Gasteiger partial charge in [0.15, 0.2) is 0 Å². The molecule has 0 heterocycles.